The summed E-state index contributed by atoms with van der Waals surface area (Å²) >= 11 is 0. The predicted molar refractivity (Wildman–Crippen MR) is 67.6 cm³/mol. The molecule has 3 heterocycles. The highest BCUT2D eigenvalue weighted by molar-refractivity contribution is 5.19. The van der Waals surface area contributed by atoms with Gasteiger partial charge in [0.1, 0.15) is 0 Å². The van der Waals surface area contributed by atoms with Crippen LogP contribution in [0, 0.1) is 0 Å². The fourth-order valence-corrected chi connectivity index (χ4v) is 2.50. The molecule has 1 saturated heterocycles. The van der Waals surface area contributed by atoms with Crippen molar-refractivity contribution in [2.24, 2.45) is 7.05 Å². The van der Waals surface area contributed by atoms with Crippen LogP contribution in [-0.2, 0) is 7.05 Å². The second-order valence-electron chi connectivity index (χ2n) is 5.01. The van der Waals surface area contributed by atoms with Gasteiger partial charge < -0.3 is 5.32 Å². The number of aromatic nitrogens is 5. The quantitative estimate of drug-likeness (QED) is 0.853. The minimum atomic E-state index is 0.513. The van der Waals surface area contributed by atoms with Crippen LogP contribution in [0.25, 0.3) is 5.82 Å². The van der Waals surface area contributed by atoms with E-state index in [4.69, 9.17) is 0 Å². The molecule has 6 heteroatoms. The maximum atomic E-state index is 4.32. The van der Waals surface area contributed by atoms with Crippen molar-refractivity contribution in [1.29, 1.82) is 0 Å². The first-order valence-electron chi connectivity index (χ1n) is 6.38. The van der Waals surface area contributed by atoms with Gasteiger partial charge in [0, 0.05) is 31.3 Å². The van der Waals surface area contributed by atoms with Crippen molar-refractivity contribution in [3.63, 3.8) is 0 Å². The van der Waals surface area contributed by atoms with E-state index in [1.54, 1.807) is 9.36 Å². The van der Waals surface area contributed by atoms with Gasteiger partial charge in [0.05, 0.1) is 11.9 Å². The van der Waals surface area contributed by atoms with Gasteiger partial charge in [0.25, 0.3) is 0 Å². The van der Waals surface area contributed by atoms with Crippen molar-refractivity contribution < 1.29 is 0 Å². The highest BCUT2D eigenvalue weighted by Gasteiger charge is 2.22. The molecule has 0 radical (unpaired) electrons. The number of hydrogen-bond donors (Lipinski definition) is 1. The molecular weight excluding hydrogens is 228 g/mol. The van der Waals surface area contributed by atoms with E-state index >= 15 is 0 Å². The van der Waals surface area contributed by atoms with Crippen molar-refractivity contribution >= 4 is 0 Å². The van der Waals surface area contributed by atoms with Crippen LogP contribution in [0.2, 0.25) is 0 Å². The first-order chi connectivity index (χ1) is 8.72. The molecule has 0 saturated carbocycles. The van der Waals surface area contributed by atoms with Gasteiger partial charge in [0.2, 0.25) is 0 Å². The van der Waals surface area contributed by atoms with Crippen LogP contribution in [0.15, 0.2) is 18.5 Å². The Morgan fingerprint density at radius 3 is 3.06 bits per heavy atom. The average Bonchev–Trinajstić information content (AvgIpc) is 2.97. The maximum absolute atomic E-state index is 4.32. The zero-order valence-corrected chi connectivity index (χ0v) is 10.7. The Morgan fingerprint density at radius 2 is 2.33 bits per heavy atom. The van der Waals surface area contributed by atoms with Gasteiger partial charge in [-0.25, -0.2) is 4.68 Å². The van der Waals surface area contributed by atoms with Gasteiger partial charge >= 0.3 is 0 Å². The van der Waals surface area contributed by atoms with E-state index in [0.717, 1.165) is 30.9 Å². The molecule has 2 aromatic heterocycles. The summed E-state index contributed by atoms with van der Waals surface area (Å²) in [5.41, 5.74) is 1.08. The Bertz CT molecular complexity index is 528. The van der Waals surface area contributed by atoms with E-state index in [1.165, 1.54) is 0 Å². The van der Waals surface area contributed by atoms with E-state index in [1.807, 2.05) is 25.5 Å². The maximum Gasteiger partial charge on any atom is 0.176 e. The summed E-state index contributed by atoms with van der Waals surface area (Å²) in [6.07, 6.45) is 6.17. The molecule has 0 spiro atoms. The molecule has 0 unspecified atom stereocenters. The van der Waals surface area contributed by atoms with Crippen molar-refractivity contribution in [2.75, 3.05) is 6.54 Å². The molecular formula is C12H18N6. The normalized spacial score (nSPS) is 24.3. The second kappa shape index (κ2) is 4.53. The molecule has 2 atom stereocenters. The number of nitrogens with one attached hydrogen (secondary N) is 1. The van der Waals surface area contributed by atoms with Crippen molar-refractivity contribution in [2.45, 2.75) is 31.7 Å². The SMILES string of the molecule is C[C@@H]1C[C@@H](c2cn(-c3ccn(C)n3)nn2)CCN1. The van der Waals surface area contributed by atoms with Gasteiger partial charge in [0.15, 0.2) is 5.82 Å². The third-order valence-corrected chi connectivity index (χ3v) is 3.49. The van der Waals surface area contributed by atoms with E-state index < -0.39 is 0 Å². The Labute approximate surface area is 106 Å². The molecule has 0 bridgehead atoms. The lowest BCUT2D eigenvalue weighted by Gasteiger charge is -2.26. The largest absolute Gasteiger partial charge is 0.314 e. The highest BCUT2D eigenvalue weighted by atomic mass is 15.5. The molecule has 1 aliphatic rings. The Hall–Kier alpha value is -1.69. The number of aryl methyl sites for hydroxylation is 1. The van der Waals surface area contributed by atoms with Gasteiger partial charge in [-0.3, -0.25) is 4.68 Å². The zero-order chi connectivity index (χ0) is 12.5. The van der Waals surface area contributed by atoms with Crippen LogP contribution in [0.3, 0.4) is 0 Å². The molecule has 1 N–H and O–H groups in total. The summed E-state index contributed by atoms with van der Waals surface area (Å²) < 4.78 is 3.52. The molecule has 0 aliphatic carbocycles. The number of nitrogens with zero attached hydrogens (tertiary/aromatic N) is 5. The summed E-state index contributed by atoms with van der Waals surface area (Å²) in [4.78, 5) is 0. The summed E-state index contributed by atoms with van der Waals surface area (Å²) in [5.74, 6) is 1.33. The summed E-state index contributed by atoms with van der Waals surface area (Å²) in [5, 5.41) is 16.2. The molecule has 0 aromatic carbocycles. The van der Waals surface area contributed by atoms with Crippen LogP contribution < -0.4 is 5.32 Å². The molecule has 1 fully saturated rings. The summed E-state index contributed by atoms with van der Waals surface area (Å²) in [6.45, 7) is 3.28. The number of hydrogen-bond acceptors (Lipinski definition) is 4. The Morgan fingerprint density at radius 1 is 1.44 bits per heavy atom. The van der Waals surface area contributed by atoms with Crippen LogP contribution in [0.1, 0.15) is 31.4 Å². The van der Waals surface area contributed by atoms with Crippen LogP contribution in [0.4, 0.5) is 0 Å². The van der Waals surface area contributed by atoms with Crippen molar-refractivity contribution in [3.05, 3.63) is 24.2 Å². The first kappa shape index (κ1) is 11.4. The molecule has 18 heavy (non-hydrogen) atoms. The molecule has 6 nitrogen and oxygen atoms in total. The van der Waals surface area contributed by atoms with Crippen LogP contribution in [0.5, 0.6) is 0 Å². The molecule has 1 aliphatic heterocycles. The van der Waals surface area contributed by atoms with Crippen molar-refractivity contribution in [3.8, 4) is 5.82 Å². The molecule has 0 amide bonds. The Balaban J connectivity index is 1.80. The van der Waals surface area contributed by atoms with Gasteiger partial charge in [-0.2, -0.15) is 5.10 Å². The van der Waals surface area contributed by atoms with Gasteiger partial charge in [-0.05, 0) is 26.3 Å². The lowest BCUT2D eigenvalue weighted by molar-refractivity contribution is 0.376. The smallest absolute Gasteiger partial charge is 0.176 e. The number of piperidine rings is 1. The topological polar surface area (TPSA) is 60.6 Å². The average molecular weight is 246 g/mol. The van der Waals surface area contributed by atoms with Crippen LogP contribution >= 0.6 is 0 Å². The third-order valence-electron chi connectivity index (χ3n) is 3.49. The van der Waals surface area contributed by atoms with E-state index in [9.17, 15) is 0 Å². The lowest BCUT2D eigenvalue weighted by atomic mass is 9.91. The minimum absolute atomic E-state index is 0.513. The monoisotopic (exact) mass is 246 g/mol. The minimum Gasteiger partial charge on any atom is -0.314 e. The van der Waals surface area contributed by atoms with E-state index in [0.29, 0.717) is 12.0 Å². The lowest BCUT2D eigenvalue weighted by Crippen LogP contribution is -2.34. The van der Waals surface area contributed by atoms with Crippen LogP contribution in [-0.4, -0.2) is 37.4 Å². The molecule has 3 rings (SSSR count). The van der Waals surface area contributed by atoms with E-state index in [-0.39, 0.29) is 0 Å². The second-order valence-corrected chi connectivity index (χ2v) is 5.01. The van der Waals surface area contributed by atoms with E-state index in [2.05, 4.69) is 27.7 Å². The molecule has 2 aromatic rings. The fraction of sp³-hybridized carbons (Fsp3) is 0.583. The first-order valence-corrected chi connectivity index (χ1v) is 6.38. The summed E-state index contributed by atoms with van der Waals surface area (Å²) in [6, 6.07) is 2.49. The molecule has 96 valence electrons. The van der Waals surface area contributed by atoms with Gasteiger partial charge in [-0.1, -0.05) is 5.21 Å². The van der Waals surface area contributed by atoms with Crippen molar-refractivity contribution in [1.82, 2.24) is 30.1 Å². The fourth-order valence-electron chi connectivity index (χ4n) is 2.50. The number of rotatable bonds is 2. The predicted octanol–water partition coefficient (Wildman–Crippen LogP) is 0.856. The van der Waals surface area contributed by atoms with Gasteiger partial charge in [-0.15, -0.1) is 5.10 Å². The Kier molecular flexibility index (Phi) is 2.87. The standard InChI is InChI=1S/C12H18N6/c1-9-7-10(3-5-13-9)11-8-18(16-14-11)12-4-6-17(2)15-12/h4,6,8-10,13H,3,5,7H2,1-2H3/t9-,10+/m1/s1. The zero-order valence-electron chi connectivity index (χ0n) is 10.7. The highest BCUT2D eigenvalue weighted by Crippen LogP contribution is 2.26. The third kappa shape index (κ3) is 2.15. The summed E-state index contributed by atoms with van der Waals surface area (Å²) in [7, 11) is 1.90.